The number of rotatable bonds is 7. The fraction of sp³-hybridized carbons (Fsp3) is 0.278. The van der Waals surface area contributed by atoms with E-state index < -0.39 is 53.9 Å². The summed E-state index contributed by atoms with van der Waals surface area (Å²) < 4.78 is 10.5. The summed E-state index contributed by atoms with van der Waals surface area (Å²) in [6, 6.07) is 4.83. The molecule has 0 saturated carbocycles. The predicted octanol–water partition coefficient (Wildman–Crippen LogP) is -1.24. The van der Waals surface area contributed by atoms with Crippen LogP contribution in [-0.4, -0.2) is 75.9 Å². The number of aliphatic carboxylic acids is 2. The number of methoxy groups -OCH3 is 1. The fourth-order valence-corrected chi connectivity index (χ4v) is 3.32. The van der Waals surface area contributed by atoms with Gasteiger partial charge in [0.2, 0.25) is 5.91 Å². The number of phenolic OH excluding ortho intramolecular Hbond substituents is 1. The zero-order valence-electron chi connectivity index (χ0n) is 15.4. The molecule has 30 heavy (non-hydrogen) atoms. The van der Waals surface area contributed by atoms with Gasteiger partial charge >= 0.3 is 11.9 Å². The van der Waals surface area contributed by atoms with Crippen LogP contribution in [0.4, 0.5) is 0 Å². The number of ether oxygens (including phenoxy) is 2. The number of fused-ring (bicyclic) bond motifs is 1. The summed E-state index contributed by atoms with van der Waals surface area (Å²) in [5.41, 5.74) is -3.06. The first-order chi connectivity index (χ1) is 14.2. The number of amides is 2. The monoisotopic (exact) mass is 420 g/mol. The predicted molar refractivity (Wildman–Crippen MR) is 93.7 cm³/mol. The minimum absolute atomic E-state index is 0.0200. The fourth-order valence-electron chi connectivity index (χ4n) is 3.32. The van der Waals surface area contributed by atoms with Gasteiger partial charge in [-0.05, 0) is 17.7 Å². The molecular formula is C18H16N2O10. The minimum atomic E-state index is -2.18. The number of aldehydes is 1. The van der Waals surface area contributed by atoms with Gasteiger partial charge in [-0.15, -0.1) is 0 Å². The molecule has 0 radical (unpaired) electrons. The molecule has 0 spiro atoms. The second kappa shape index (κ2) is 7.57. The lowest BCUT2D eigenvalue weighted by atomic mass is 9.92. The van der Waals surface area contributed by atoms with Gasteiger partial charge in [0.25, 0.3) is 11.6 Å². The number of carboxylic acid groups (broad SMARTS) is 2. The lowest BCUT2D eigenvalue weighted by Crippen LogP contribution is -2.82. The highest BCUT2D eigenvalue weighted by Gasteiger charge is 2.68. The van der Waals surface area contributed by atoms with E-state index in [1.807, 2.05) is 0 Å². The largest absolute Gasteiger partial charge is 0.508 e. The van der Waals surface area contributed by atoms with Crippen LogP contribution in [0.15, 0.2) is 35.5 Å². The van der Waals surface area contributed by atoms with E-state index in [0.29, 0.717) is 4.90 Å². The molecule has 12 nitrogen and oxygen atoms in total. The van der Waals surface area contributed by atoms with Gasteiger partial charge in [0.15, 0.2) is 18.4 Å². The van der Waals surface area contributed by atoms with Crippen LogP contribution < -0.4 is 5.32 Å². The van der Waals surface area contributed by atoms with Crippen LogP contribution in [0.1, 0.15) is 11.5 Å². The van der Waals surface area contributed by atoms with Crippen molar-refractivity contribution >= 4 is 30.0 Å². The van der Waals surface area contributed by atoms with Crippen LogP contribution in [-0.2, 0) is 33.4 Å². The number of hydrogen-bond donors (Lipinski definition) is 4. The van der Waals surface area contributed by atoms with Crippen molar-refractivity contribution in [3.05, 3.63) is 41.1 Å². The Bertz CT molecular complexity index is 970. The Hall–Kier alpha value is -3.77. The zero-order valence-corrected chi connectivity index (χ0v) is 15.4. The van der Waals surface area contributed by atoms with E-state index in [1.54, 1.807) is 0 Å². The highest BCUT2D eigenvalue weighted by Crippen LogP contribution is 2.40. The van der Waals surface area contributed by atoms with Gasteiger partial charge < -0.3 is 30.1 Å². The number of carbonyl (C=O) groups excluding carboxylic acids is 3. The number of phenols is 1. The number of carbonyl (C=O) groups is 5. The third kappa shape index (κ3) is 3.07. The molecule has 158 valence electrons. The Kier molecular flexibility index (Phi) is 5.29. The van der Waals surface area contributed by atoms with Crippen molar-refractivity contribution in [2.24, 2.45) is 0 Å². The van der Waals surface area contributed by atoms with Gasteiger partial charge in [-0.2, -0.15) is 0 Å². The van der Waals surface area contributed by atoms with Gasteiger partial charge in [0.05, 0.1) is 6.61 Å². The Morgan fingerprint density at radius 2 is 1.93 bits per heavy atom. The van der Waals surface area contributed by atoms with Gasteiger partial charge in [-0.25, -0.2) is 4.79 Å². The Morgan fingerprint density at radius 3 is 2.43 bits per heavy atom. The summed E-state index contributed by atoms with van der Waals surface area (Å²) in [5, 5.41) is 30.4. The Balaban J connectivity index is 1.92. The molecule has 1 fully saturated rings. The second-order valence-electron chi connectivity index (χ2n) is 6.43. The van der Waals surface area contributed by atoms with Crippen LogP contribution in [0.3, 0.4) is 0 Å². The first-order valence-corrected chi connectivity index (χ1v) is 8.43. The molecule has 2 aliphatic heterocycles. The second-order valence-corrected chi connectivity index (χ2v) is 6.43. The van der Waals surface area contributed by atoms with Crippen LogP contribution in [0.5, 0.6) is 5.75 Å². The zero-order chi connectivity index (χ0) is 22.2. The molecule has 1 unspecified atom stereocenters. The van der Waals surface area contributed by atoms with Gasteiger partial charge in [-0.3, -0.25) is 24.1 Å². The van der Waals surface area contributed by atoms with Crippen molar-refractivity contribution in [2.75, 3.05) is 13.7 Å². The number of nitrogens with zero attached hydrogens (tertiary/aromatic N) is 1. The molecule has 0 bridgehead atoms. The minimum Gasteiger partial charge on any atom is -0.508 e. The topological polar surface area (TPSA) is 180 Å². The van der Waals surface area contributed by atoms with E-state index in [4.69, 9.17) is 9.47 Å². The van der Waals surface area contributed by atoms with Crippen LogP contribution in [0.2, 0.25) is 0 Å². The molecule has 2 aliphatic rings. The molecule has 0 aromatic heterocycles. The van der Waals surface area contributed by atoms with E-state index >= 15 is 0 Å². The van der Waals surface area contributed by atoms with Crippen molar-refractivity contribution in [1.82, 2.24) is 10.2 Å². The summed E-state index contributed by atoms with van der Waals surface area (Å²) in [6.07, 6.45) is -1.19. The lowest BCUT2D eigenvalue weighted by molar-refractivity contribution is -0.258. The first-order valence-electron chi connectivity index (χ1n) is 8.43. The van der Waals surface area contributed by atoms with Gasteiger partial charge in [0, 0.05) is 12.7 Å². The molecular weight excluding hydrogens is 404 g/mol. The molecule has 2 amide bonds. The summed E-state index contributed by atoms with van der Waals surface area (Å²) >= 11 is 0. The molecule has 4 N–H and O–H groups in total. The van der Waals surface area contributed by atoms with Crippen molar-refractivity contribution in [3.63, 3.8) is 0 Å². The first kappa shape index (κ1) is 21.0. The molecule has 0 aliphatic carbocycles. The number of hydrogen-bond acceptors (Lipinski definition) is 8. The van der Waals surface area contributed by atoms with Crippen LogP contribution >= 0.6 is 0 Å². The van der Waals surface area contributed by atoms with Gasteiger partial charge in [0.1, 0.15) is 11.4 Å². The van der Waals surface area contributed by atoms with Gasteiger partial charge in [-0.1, -0.05) is 12.1 Å². The third-order valence-corrected chi connectivity index (χ3v) is 4.77. The van der Waals surface area contributed by atoms with Crippen LogP contribution in [0.25, 0.3) is 0 Å². The number of benzene rings is 1. The summed E-state index contributed by atoms with van der Waals surface area (Å²) in [7, 11) is 1.05. The van der Waals surface area contributed by atoms with E-state index in [-0.39, 0.29) is 23.2 Å². The molecule has 12 heteroatoms. The maximum atomic E-state index is 12.7. The molecule has 1 aromatic carbocycles. The number of aromatic hydroxyl groups is 1. The standard InChI is InChI=1S/C18H16N2O10/c1-29-18(16(28)20-12(15(26)27)9(6-21)7-30-17(18)20)19-13(23)11(14(24)25)8-2-4-10(22)5-3-8/h2-6,11,17,22H,7H2,1H3,(H,19,23)(H,24,25)(H,26,27)/t11?,17-,18+/m1/s1. The summed E-state index contributed by atoms with van der Waals surface area (Å²) in [6.45, 7) is -0.457. The smallest absolute Gasteiger partial charge is 0.353 e. The van der Waals surface area contributed by atoms with Crippen molar-refractivity contribution in [3.8, 4) is 5.75 Å². The average Bonchev–Trinajstić information content (AvgIpc) is 2.71. The maximum absolute atomic E-state index is 12.7. The van der Waals surface area contributed by atoms with E-state index in [1.165, 1.54) is 24.3 Å². The molecule has 2 heterocycles. The SMILES string of the molecule is CO[C@@]1(NC(=O)C(C(=O)O)c2ccc(O)cc2)C(=O)N2C(C(=O)O)=C(C=O)CO[C@@H]21. The Labute approximate surface area is 168 Å². The average molecular weight is 420 g/mol. The normalized spacial score (nSPS) is 23.8. The Morgan fingerprint density at radius 1 is 1.30 bits per heavy atom. The molecule has 3 rings (SSSR count). The number of nitrogens with one attached hydrogen (secondary N) is 1. The molecule has 1 saturated heterocycles. The highest BCUT2D eigenvalue weighted by molar-refractivity contribution is 6.08. The number of β-lactam (4-membered cyclic amide) rings is 1. The maximum Gasteiger partial charge on any atom is 0.353 e. The molecule has 3 atom stereocenters. The highest BCUT2D eigenvalue weighted by atomic mass is 16.6. The van der Waals surface area contributed by atoms with E-state index in [9.17, 15) is 39.3 Å². The number of carboxylic acids is 2. The van der Waals surface area contributed by atoms with Crippen molar-refractivity contribution < 1.29 is 48.8 Å². The van der Waals surface area contributed by atoms with E-state index in [2.05, 4.69) is 5.32 Å². The summed E-state index contributed by atoms with van der Waals surface area (Å²) in [4.78, 5) is 60.4. The lowest BCUT2D eigenvalue weighted by Gasteiger charge is -2.55. The quantitative estimate of drug-likeness (QED) is 0.180. The summed E-state index contributed by atoms with van der Waals surface area (Å²) in [5.74, 6) is -7.17. The molecule has 1 aromatic rings. The van der Waals surface area contributed by atoms with Crippen LogP contribution in [0, 0.1) is 0 Å². The van der Waals surface area contributed by atoms with E-state index in [0.717, 1.165) is 7.11 Å². The van der Waals surface area contributed by atoms with Crippen molar-refractivity contribution in [2.45, 2.75) is 17.9 Å². The van der Waals surface area contributed by atoms with Crippen molar-refractivity contribution in [1.29, 1.82) is 0 Å². The third-order valence-electron chi connectivity index (χ3n) is 4.77.